The Labute approximate surface area is 201 Å². The van der Waals surface area contributed by atoms with Crippen LogP contribution in [0.5, 0.6) is 0 Å². The van der Waals surface area contributed by atoms with Crippen molar-refractivity contribution in [2.45, 2.75) is 31.2 Å². The smallest absolute Gasteiger partial charge is 0.272 e. The van der Waals surface area contributed by atoms with E-state index in [2.05, 4.69) is 16.9 Å². The Hall–Kier alpha value is -3.71. The molecular formula is C27H29N3O3S. The van der Waals surface area contributed by atoms with E-state index < -0.39 is 9.84 Å². The lowest BCUT2D eigenvalue weighted by molar-refractivity contribution is -0.117. The highest BCUT2D eigenvalue weighted by atomic mass is 32.2. The van der Waals surface area contributed by atoms with Crippen molar-refractivity contribution >= 4 is 21.5 Å². The van der Waals surface area contributed by atoms with Gasteiger partial charge in [0.2, 0.25) is 0 Å². The van der Waals surface area contributed by atoms with Crippen LogP contribution in [0.3, 0.4) is 0 Å². The van der Waals surface area contributed by atoms with Crippen molar-refractivity contribution in [1.82, 2.24) is 5.32 Å². The van der Waals surface area contributed by atoms with Gasteiger partial charge in [-0.15, -0.1) is 0 Å². The van der Waals surface area contributed by atoms with Crippen molar-refractivity contribution in [3.63, 3.8) is 0 Å². The number of nitrogens with zero attached hydrogens (tertiary/aromatic N) is 1. The number of carbonyl (C=O) groups is 1. The van der Waals surface area contributed by atoms with Crippen molar-refractivity contribution in [2.75, 3.05) is 6.26 Å². The van der Waals surface area contributed by atoms with Gasteiger partial charge in [0, 0.05) is 23.9 Å². The molecule has 1 atom stereocenters. The summed E-state index contributed by atoms with van der Waals surface area (Å²) in [5, 5.41) is 3.01. The topological polar surface area (TPSA) is 102 Å². The molecular weight excluding hydrogens is 446 g/mol. The molecule has 1 unspecified atom stereocenters. The van der Waals surface area contributed by atoms with E-state index in [4.69, 9.17) is 5.73 Å². The van der Waals surface area contributed by atoms with Gasteiger partial charge in [-0.3, -0.25) is 4.79 Å². The number of allylic oxidation sites excluding steroid dienone is 9. The fraction of sp³-hybridized carbons (Fsp3) is 0.185. The summed E-state index contributed by atoms with van der Waals surface area (Å²) in [6, 6.07) is 6.07. The first-order valence-corrected chi connectivity index (χ1v) is 12.7. The van der Waals surface area contributed by atoms with Crippen molar-refractivity contribution in [1.29, 1.82) is 0 Å². The standard InChI is InChI=1S/C27H29N3O3S/c1-18-8-5-6-11-24(20(3)10-7-9-18)30-27(31)26-23(28)16-19(2)17-25(29-26)21-12-14-22(15-13-21)34(4,32)33/h5-15,17,24H,1,16,28H2,2-4H3,(H,30,31)/b8-5?,9-7-,11-6-,20-10-. The number of nitrogens with two attached hydrogens (primary N) is 1. The molecule has 0 radical (unpaired) electrons. The molecule has 2 aliphatic rings. The van der Waals surface area contributed by atoms with Gasteiger partial charge in [-0.1, -0.05) is 66.8 Å². The maximum atomic E-state index is 13.3. The normalized spacial score (nSPS) is 22.6. The summed E-state index contributed by atoms with van der Waals surface area (Å²) in [6.45, 7) is 7.78. The van der Waals surface area contributed by atoms with Crippen molar-refractivity contribution in [3.8, 4) is 0 Å². The number of amides is 1. The molecule has 0 saturated carbocycles. The number of rotatable bonds is 4. The summed E-state index contributed by atoms with van der Waals surface area (Å²) in [4.78, 5) is 18.1. The molecule has 6 nitrogen and oxygen atoms in total. The minimum Gasteiger partial charge on any atom is -0.400 e. The van der Waals surface area contributed by atoms with Gasteiger partial charge in [0.25, 0.3) is 5.91 Å². The van der Waals surface area contributed by atoms with Gasteiger partial charge < -0.3 is 11.1 Å². The van der Waals surface area contributed by atoms with Gasteiger partial charge in [-0.05, 0) is 43.2 Å². The van der Waals surface area contributed by atoms with Gasteiger partial charge in [0.1, 0.15) is 5.70 Å². The minimum atomic E-state index is -3.31. The number of carbonyl (C=O) groups excluding carboxylic acids is 1. The van der Waals surface area contributed by atoms with E-state index in [9.17, 15) is 13.2 Å². The van der Waals surface area contributed by atoms with Crippen LogP contribution < -0.4 is 11.1 Å². The van der Waals surface area contributed by atoms with Crippen LogP contribution in [0.2, 0.25) is 0 Å². The molecule has 3 N–H and O–H groups in total. The summed E-state index contributed by atoms with van der Waals surface area (Å²) < 4.78 is 23.6. The van der Waals surface area contributed by atoms with Crippen LogP contribution >= 0.6 is 0 Å². The van der Waals surface area contributed by atoms with E-state index in [0.29, 0.717) is 23.4 Å². The van der Waals surface area contributed by atoms with Gasteiger partial charge >= 0.3 is 0 Å². The third-order valence-electron chi connectivity index (χ3n) is 5.35. The molecule has 1 aliphatic carbocycles. The first kappa shape index (κ1) is 24.9. The average molecular weight is 476 g/mol. The Kier molecular flexibility index (Phi) is 7.68. The lowest BCUT2D eigenvalue weighted by Crippen LogP contribution is -2.36. The predicted octanol–water partition coefficient (Wildman–Crippen LogP) is 4.07. The number of sulfone groups is 1. The van der Waals surface area contributed by atoms with E-state index in [1.165, 1.54) is 12.1 Å². The van der Waals surface area contributed by atoms with Crippen LogP contribution in [0.4, 0.5) is 0 Å². The van der Waals surface area contributed by atoms with E-state index in [1.54, 1.807) is 12.1 Å². The quantitative estimate of drug-likeness (QED) is 0.685. The van der Waals surface area contributed by atoms with Crippen LogP contribution in [0.1, 0.15) is 25.8 Å². The summed E-state index contributed by atoms with van der Waals surface area (Å²) >= 11 is 0. The molecule has 1 aliphatic heterocycles. The summed E-state index contributed by atoms with van der Waals surface area (Å²) in [5.41, 5.74) is 10.8. The van der Waals surface area contributed by atoms with Gasteiger partial charge in [0.05, 0.1) is 16.6 Å². The van der Waals surface area contributed by atoms with Crippen molar-refractivity contribution in [2.24, 2.45) is 10.7 Å². The second-order valence-corrected chi connectivity index (χ2v) is 10.4. The third-order valence-corrected chi connectivity index (χ3v) is 6.48. The van der Waals surface area contributed by atoms with Crippen molar-refractivity contribution in [3.05, 3.63) is 113 Å². The monoisotopic (exact) mass is 475 g/mol. The average Bonchev–Trinajstić information content (AvgIpc) is 2.92. The summed E-state index contributed by atoms with van der Waals surface area (Å²) in [7, 11) is -3.31. The zero-order valence-electron chi connectivity index (χ0n) is 19.6. The summed E-state index contributed by atoms with van der Waals surface area (Å²) in [6.07, 6.45) is 16.6. The Morgan fingerprint density at radius 3 is 2.47 bits per heavy atom. The Bertz CT molecular complexity index is 1320. The number of benzene rings is 1. The number of hydrogen-bond acceptors (Lipinski definition) is 5. The Balaban J connectivity index is 1.93. The maximum Gasteiger partial charge on any atom is 0.272 e. The Morgan fingerprint density at radius 2 is 1.79 bits per heavy atom. The third kappa shape index (κ3) is 6.42. The highest BCUT2D eigenvalue weighted by Crippen LogP contribution is 2.21. The molecule has 1 heterocycles. The van der Waals surface area contributed by atoms with E-state index in [0.717, 1.165) is 23.0 Å². The number of nitrogens with one attached hydrogen (secondary N) is 1. The first-order chi connectivity index (χ1) is 16.0. The lowest BCUT2D eigenvalue weighted by Gasteiger charge is -2.17. The molecule has 176 valence electrons. The van der Waals surface area contributed by atoms with Crippen LogP contribution in [0, 0.1) is 0 Å². The second kappa shape index (κ2) is 10.5. The molecule has 0 bridgehead atoms. The van der Waals surface area contributed by atoms with Gasteiger partial charge in [-0.2, -0.15) is 0 Å². The molecule has 1 aromatic carbocycles. The van der Waals surface area contributed by atoms with E-state index >= 15 is 0 Å². The fourth-order valence-corrected chi connectivity index (χ4v) is 4.10. The molecule has 7 heteroatoms. The predicted molar refractivity (Wildman–Crippen MR) is 138 cm³/mol. The molecule has 0 fully saturated rings. The second-order valence-electron chi connectivity index (χ2n) is 8.37. The highest BCUT2D eigenvalue weighted by molar-refractivity contribution is 7.90. The van der Waals surface area contributed by atoms with Crippen LogP contribution in [0.25, 0.3) is 0 Å². The van der Waals surface area contributed by atoms with Crippen LogP contribution in [-0.4, -0.2) is 32.3 Å². The van der Waals surface area contributed by atoms with Gasteiger partial charge in [-0.25, -0.2) is 13.4 Å². The van der Waals surface area contributed by atoms with Crippen LogP contribution in [0.15, 0.2) is 117 Å². The number of aliphatic imine (C=N–C) groups is 1. The zero-order valence-corrected chi connectivity index (χ0v) is 20.4. The molecule has 3 rings (SSSR count). The summed E-state index contributed by atoms with van der Waals surface area (Å²) in [5.74, 6) is -0.386. The zero-order chi connectivity index (χ0) is 24.9. The fourth-order valence-electron chi connectivity index (χ4n) is 3.47. The molecule has 0 aromatic heterocycles. The number of hydrogen-bond donors (Lipinski definition) is 2. The Morgan fingerprint density at radius 1 is 1.12 bits per heavy atom. The van der Waals surface area contributed by atoms with Crippen LogP contribution in [-0.2, 0) is 14.6 Å². The highest BCUT2D eigenvalue weighted by Gasteiger charge is 2.21. The van der Waals surface area contributed by atoms with Crippen molar-refractivity contribution < 1.29 is 13.2 Å². The van der Waals surface area contributed by atoms with E-state index in [-0.39, 0.29) is 22.5 Å². The maximum absolute atomic E-state index is 13.3. The molecule has 0 saturated heterocycles. The molecule has 1 amide bonds. The largest absolute Gasteiger partial charge is 0.400 e. The molecule has 0 spiro atoms. The van der Waals surface area contributed by atoms with E-state index in [1.807, 2.05) is 62.5 Å². The molecule has 1 aromatic rings. The first-order valence-electron chi connectivity index (χ1n) is 10.8. The van der Waals surface area contributed by atoms with Gasteiger partial charge in [0.15, 0.2) is 9.84 Å². The minimum absolute atomic E-state index is 0.146. The SMILES string of the molecule is C=C1C=C/C=C\C(NC(=O)C2=C(N)CC(C)=CC(c3ccc(S(C)(=O)=O)cc3)=N2)/C(C)=C\C=C/1. The molecule has 34 heavy (non-hydrogen) atoms. The lowest BCUT2D eigenvalue weighted by atomic mass is 10.1.